The lowest BCUT2D eigenvalue weighted by atomic mass is 10.1. The molecule has 0 bridgehead atoms. The average Bonchev–Trinajstić information content (AvgIpc) is 2.87. The summed E-state index contributed by atoms with van der Waals surface area (Å²) in [6, 6.07) is 17.3. The third kappa shape index (κ3) is 3.96. The topological polar surface area (TPSA) is 68.2 Å². The van der Waals surface area contributed by atoms with Crippen molar-refractivity contribution in [3.8, 4) is 17.1 Å². The maximum absolute atomic E-state index is 12.7. The van der Waals surface area contributed by atoms with Gasteiger partial charge in [-0.15, -0.1) is 10.2 Å². The number of carbonyl (C=O) groups is 1. The van der Waals surface area contributed by atoms with Gasteiger partial charge in [0.15, 0.2) is 5.69 Å². The second-order valence-corrected chi connectivity index (χ2v) is 8.23. The minimum absolute atomic E-state index is 0.124. The molecule has 1 aliphatic heterocycles. The van der Waals surface area contributed by atoms with E-state index >= 15 is 0 Å². The van der Waals surface area contributed by atoms with Crippen molar-refractivity contribution in [1.29, 1.82) is 0 Å². The first-order valence-corrected chi connectivity index (χ1v) is 10.5. The van der Waals surface area contributed by atoms with Crippen molar-refractivity contribution in [3.63, 3.8) is 0 Å². The Morgan fingerprint density at radius 2 is 1.83 bits per heavy atom. The zero-order valence-corrected chi connectivity index (χ0v) is 17.4. The molecule has 4 rings (SSSR count). The molecular weight excluding hydrogens is 384 g/mol. The van der Waals surface area contributed by atoms with E-state index in [0.29, 0.717) is 22.6 Å². The van der Waals surface area contributed by atoms with Crippen molar-refractivity contribution in [1.82, 2.24) is 15.2 Å². The van der Waals surface area contributed by atoms with Gasteiger partial charge in [0.2, 0.25) is 23.2 Å². The molecule has 0 unspecified atom stereocenters. The van der Waals surface area contributed by atoms with Crippen molar-refractivity contribution < 1.29 is 9.53 Å². The number of para-hydroxylation sites is 1. The van der Waals surface area contributed by atoms with Gasteiger partial charge >= 0.3 is 0 Å². The van der Waals surface area contributed by atoms with Gasteiger partial charge in [-0.3, -0.25) is 9.69 Å². The number of hydrogen-bond acceptors (Lipinski definition) is 6. The van der Waals surface area contributed by atoms with E-state index in [4.69, 9.17) is 4.74 Å². The van der Waals surface area contributed by atoms with E-state index in [1.807, 2.05) is 54.6 Å². The number of benzene rings is 2. The van der Waals surface area contributed by atoms with E-state index < -0.39 is 6.23 Å². The van der Waals surface area contributed by atoms with Gasteiger partial charge in [0.25, 0.3) is 0 Å². The van der Waals surface area contributed by atoms with E-state index in [1.165, 1.54) is 6.92 Å². The van der Waals surface area contributed by atoms with Crippen molar-refractivity contribution >= 4 is 23.4 Å². The molecule has 7 heteroatoms. The monoisotopic (exact) mass is 406 g/mol. The SMILES string of the molecule is CC(=O)N1c2ccccc2-c2nnc(SCC(C)C)nc2O[C@@H]1c1ccccc1. The first-order valence-electron chi connectivity index (χ1n) is 9.53. The fourth-order valence-electron chi connectivity index (χ4n) is 3.19. The van der Waals surface area contributed by atoms with Crippen molar-refractivity contribution in [2.24, 2.45) is 5.92 Å². The summed E-state index contributed by atoms with van der Waals surface area (Å²) in [6.07, 6.45) is -0.643. The molecule has 29 heavy (non-hydrogen) atoms. The molecule has 3 aromatic rings. The smallest absolute Gasteiger partial charge is 0.247 e. The van der Waals surface area contributed by atoms with Crippen LogP contribution in [0.25, 0.3) is 11.3 Å². The molecule has 1 aromatic heterocycles. The molecule has 1 atom stereocenters. The highest BCUT2D eigenvalue weighted by atomic mass is 32.2. The highest BCUT2D eigenvalue weighted by Crippen LogP contribution is 2.43. The largest absolute Gasteiger partial charge is 0.447 e. The Morgan fingerprint density at radius 3 is 2.55 bits per heavy atom. The Hall–Kier alpha value is -2.93. The molecule has 0 fully saturated rings. The minimum Gasteiger partial charge on any atom is -0.447 e. The minimum atomic E-state index is -0.643. The Balaban J connectivity index is 1.87. The predicted molar refractivity (Wildman–Crippen MR) is 114 cm³/mol. The molecule has 0 N–H and O–H groups in total. The summed E-state index contributed by atoms with van der Waals surface area (Å²) in [5, 5.41) is 9.28. The summed E-state index contributed by atoms with van der Waals surface area (Å²) in [5.41, 5.74) is 2.90. The lowest BCUT2D eigenvalue weighted by molar-refractivity contribution is -0.118. The average molecular weight is 407 g/mol. The van der Waals surface area contributed by atoms with E-state index in [0.717, 1.165) is 22.6 Å². The van der Waals surface area contributed by atoms with Crippen LogP contribution >= 0.6 is 11.8 Å². The van der Waals surface area contributed by atoms with Gasteiger partial charge < -0.3 is 4.74 Å². The van der Waals surface area contributed by atoms with Crippen LogP contribution in [0.15, 0.2) is 59.8 Å². The number of thioether (sulfide) groups is 1. The van der Waals surface area contributed by atoms with Gasteiger partial charge in [0.1, 0.15) is 0 Å². The summed E-state index contributed by atoms with van der Waals surface area (Å²) in [6.45, 7) is 5.83. The molecule has 148 valence electrons. The van der Waals surface area contributed by atoms with Crippen LogP contribution in [-0.2, 0) is 4.79 Å². The van der Waals surface area contributed by atoms with Gasteiger partial charge in [0, 0.05) is 23.8 Å². The third-order valence-electron chi connectivity index (χ3n) is 4.48. The van der Waals surface area contributed by atoms with Crippen LogP contribution in [0.2, 0.25) is 0 Å². The molecule has 2 heterocycles. The molecule has 6 nitrogen and oxygen atoms in total. The third-order valence-corrected chi connectivity index (χ3v) is 5.75. The number of aromatic nitrogens is 3. The van der Waals surface area contributed by atoms with Crippen LogP contribution in [0.4, 0.5) is 5.69 Å². The zero-order chi connectivity index (χ0) is 20.4. The molecule has 1 amide bonds. The number of ether oxygens (including phenoxy) is 1. The Bertz CT molecular complexity index is 1030. The number of anilines is 1. The summed E-state index contributed by atoms with van der Waals surface area (Å²) in [4.78, 5) is 19.0. The lowest BCUT2D eigenvalue weighted by Crippen LogP contribution is -2.36. The number of hydrogen-bond donors (Lipinski definition) is 0. The highest BCUT2D eigenvalue weighted by Gasteiger charge is 2.34. The second kappa shape index (κ2) is 8.21. The Kier molecular flexibility index (Phi) is 5.49. The number of rotatable bonds is 4. The molecule has 0 saturated carbocycles. The molecule has 0 saturated heterocycles. The van der Waals surface area contributed by atoms with Crippen LogP contribution in [0.5, 0.6) is 5.88 Å². The normalized spacial score (nSPS) is 15.3. The summed E-state index contributed by atoms with van der Waals surface area (Å²) < 4.78 is 6.33. The van der Waals surface area contributed by atoms with Crippen LogP contribution < -0.4 is 9.64 Å². The van der Waals surface area contributed by atoms with Gasteiger partial charge in [-0.05, 0) is 12.0 Å². The van der Waals surface area contributed by atoms with Gasteiger partial charge in [-0.2, -0.15) is 4.98 Å². The van der Waals surface area contributed by atoms with Gasteiger partial charge in [0.05, 0.1) is 5.69 Å². The van der Waals surface area contributed by atoms with Crippen molar-refractivity contribution in [2.75, 3.05) is 10.7 Å². The quantitative estimate of drug-likeness (QED) is 0.584. The van der Waals surface area contributed by atoms with Crippen LogP contribution in [0.3, 0.4) is 0 Å². The fourth-order valence-corrected chi connectivity index (χ4v) is 3.92. The lowest BCUT2D eigenvalue weighted by Gasteiger charge is -2.29. The number of nitrogens with zero attached hydrogens (tertiary/aromatic N) is 4. The van der Waals surface area contributed by atoms with Gasteiger partial charge in [-0.1, -0.05) is 74.1 Å². The maximum atomic E-state index is 12.7. The van der Waals surface area contributed by atoms with E-state index in [2.05, 4.69) is 29.0 Å². The van der Waals surface area contributed by atoms with Crippen molar-refractivity contribution in [2.45, 2.75) is 32.2 Å². The van der Waals surface area contributed by atoms with Crippen LogP contribution in [0.1, 0.15) is 32.6 Å². The predicted octanol–water partition coefficient (Wildman–Crippen LogP) is 4.73. The summed E-state index contributed by atoms with van der Waals surface area (Å²) in [7, 11) is 0. The fraction of sp³-hybridized carbons (Fsp3) is 0.273. The molecular formula is C22H22N4O2S. The Labute approximate surface area is 174 Å². The molecule has 1 aliphatic rings. The first kappa shape index (κ1) is 19.4. The van der Waals surface area contributed by atoms with Crippen LogP contribution in [-0.4, -0.2) is 26.8 Å². The standard InChI is InChI=1S/C22H22N4O2S/c1-14(2)13-29-22-23-20-19(24-25-22)17-11-7-8-12-18(17)26(15(3)27)21(28-20)16-9-5-4-6-10-16/h4-12,14,21H,13H2,1-3H3/t21-/m1/s1. The van der Waals surface area contributed by atoms with Crippen LogP contribution in [0, 0.1) is 5.92 Å². The zero-order valence-electron chi connectivity index (χ0n) is 16.6. The molecule has 0 aliphatic carbocycles. The number of fused-ring (bicyclic) bond motifs is 3. The summed E-state index contributed by atoms with van der Waals surface area (Å²) >= 11 is 1.55. The van der Waals surface area contributed by atoms with E-state index in [-0.39, 0.29) is 5.91 Å². The van der Waals surface area contributed by atoms with E-state index in [9.17, 15) is 4.79 Å². The van der Waals surface area contributed by atoms with Crippen molar-refractivity contribution in [3.05, 3.63) is 60.2 Å². The molecule has 0 spiro atoms. The maximum Gasteiger partial charge on any atom is 0.247 e. The molecule has 0 radical (unpaired) electrons. The number of amides is 1. The Morgan fingerprint density at radius 1 is 1.10 bits per heavy atom. The first-order chi connectivity index (χ1) is 14.0. The number of carbonyl (C=O) groups excluding carboxylic acids is 1. The van der Waals surface area contributed by atoms with E-state index in [1.54, 1.807) is 16.7 Å². The summed E-state index contributed by atoms with van der Waals surface area (Å²) in [5.74, 6) is 1.66. The highest BCUT2D eigenvalue weighted by molar-refractivity contribution is 7.99. The van der Waals surface area contributed by atoms with Gasteiger partial charge in [-0.25, -0.2) is 0 Å². The molecule has 2 aromatic carbocycles. The second-order valence-electron chi connectivity index (χ2n) is 7.24.